The van der Waals surface area contributed by atoms with E-state index in [1.165, 1.54) is 18.8 Å². The zero-order chi connectivity index (χ0) is 19.2. The summed E-state index contributed by atoms with van der Waals surface area (Å²) in [5.41, 5.74) is 1.68. The summed E-state index contributed by atoms with van der Waals surface area (Å²) in [5.74, 6) is 0.252. The molecule has 0 radical (unpaired) electrons. The van der Waals surface area contributed by atoms with Crippen molar-refractivity contribution in [2.45, 2.75) is 17.3 Å². The number of hydrogen-bond donors (Lipinski definition) is 3. The molecule has 138 valence electrons. The second-order valence-electron chi connectivity index (χ2n) is 5.69. The first-order valence-corrected chi connectivity index (χ1v) is 9.23. The van der Waals surface area contributed by atoms with Gasteiger partial charge in [-0.25, -0.2) is 14.8 Å². The normalized spacial score (nSPS) is 11.6. The van der Waals surface area contributed by atoms with Crippen molar-refractivity contribution in [3.05, 3.63) is 54.6 Å². The summed E-state index contributed by atoms with van der Waals surface area (Å²) >= 11 is 1.19. The second kappa shape index (κ2) is 8.50. The number of thioether (sulfide) groups is 1. The number of carbonyl (C=O) groups excluding carboxylic acids is 2. The third-order valence-corrected chi connectivity index (χ3v) is 4.70. The predicted octanol–water partition coefficient (Wildman–Crippen LogP) is 3.31. The zero-order valence-electron chi connectivity index (χ0n) is 14.9. The van der Waals surface area contributed by atoms with Gasteiger partial charge in [0.25, 0.3) is 0 Å². The molecular formula is C19H19N5O2S. The monoisotopic (exact) mass is 381 g/mol. The molecule has 0 saturated carbocycles. The third kappa shape index (κ3) is 4.73. The van der Waals surface area contributed by atoms with E-state index in [9.17, 15) is 9.59 Å². The van der Waals surface area contributed by atoms with Crippen LogP contribution in [0.1, 0.15) is 6.92 Å². The van der Waals surface area contributed by atoms with Gasteiger partial charge in [0.15, 0.2) is 5.16 Å². The molecule has 1 aromatic heterocycles. The van der Waals surface area contributed by atoms with Crippen LogP contribution >= 0.6 is 11.8 Å². The van der Waals surface area contributed by atoms with E-state index in [2.05, 4.69) is 25.9 Å². The Balaban J connectivity index is 1.88. The Morgan fingerprint density at radius 2 is 1.70 bits per heavy atom. The number of nitrogens with one attached hydrogen (secondary N) is 3. The lowest BCUT2D eigenvalue weighted by molar-refractivity contribution is -0.119. The Bertz CT molecular complexity index is 965. The molecule has 2 aromatic carbocycles. The van der Waals surface area contributed by atoms with Gasteiger partial charge in [-0.05, 0) is 31.2 Å². The van der Waals surface area contributed by atoms with Crippen LogP contribution in [0.4, 0.5) is 16.3 Å². The van der Waals surface area contributed by atoms with E-state index in [4.69, 9.17) is 0 Å². The Labute approximate surface area is 161 Å². The molecule has 0 spiro atoms. The Kier molecular flexibility index (Phi) is 5.87. The summed E-state index contributed by atoms with van der Waals surface area (Å²) in [4.78, 5) is 32.5. The Hall–Kier alpha value is -3.13. The number of hydrogen-bond acceptors (Lipinski definition) is 6. The number of aromatic nitrogens is 2. The van der Waals surface area contributed by atoms with Crippen molar-refractivity contribution in [3.63, 3.8) is 0 Å². The molecule has 3 amide bonds. The smallest absolute Gasteiger partial charge is 0.321 e. The lowest BCUT2D eigenvalue weighted by Gasteiger charge is -2.13. The maximum atomic E-state index is 12.1. The number of nitrogens with zero attached hydrogens (tertiary/aromatic N) is 2. The highest BCUT2D eigenvalue weighted by Gasteiger charge is 2.19. The lowest BCUT2D eigenvalue weighted by atomic mass is 10.2. The summed E-state index contributed by atoms with van der Waals surface area (Å²) in [7, 11) is 1.45. The van der Waals surface area contributed by atoms with Gasteiger partial charge in [-0.2, -0.15) is 0 Å². The molecule has 0 unspecified atom stereocenters. The number of urea groups is 1. The van der Waals surface area contributed by atoms with Crippen LogP contribution in [-0.4, -0.2) is 34.2 Å². The second-order valence-corrected chi connectivity index (χ2v) is 7.00. The van der Waals surface area contributed by atoms with E-state index >= 15 is 0 Å². The molecule has 1 heterocycles. The molecule has 0 fully saturated rings. The fourth-order valence-electron chi connectivity index (χ4n) is 2.35. The average molecular weight is 381 g/mol. The zero-order valence-corrected chi connectivity index (χ0v) is 15.7. The molecule has 0 aliphatic carbocycles. The van der Waals surface area contributed by atoms with E-state index in [1.54, 1.807) is 6.92 Å². The van der Waals surface area contributed by atoms with Crippen LogP contribution < -0.4 is 16.0 Å². The van der Waals surface area contributed by atoms with Crippen molar-refractivity contribution >= 4 is 46.1 Å². The minimum absolute atomic E-state index is 0.409. The highest BCUT2D eigenvalue weighted by molar-refractivity contribution is 8.00. The molecular weight excluding hydrogens is 362 g/mol. The van der Waals surface area contributed by atoms with Gasteiger partial charge >= 0.3 is 6.03 Å². The van der Waals surface area contributed by atoms with Gasteiger partial charge in [0, 0.05) is 18.1 Å². The largest absolute Gasteiger partial charge is 0.341 e. The molecule has 0 aliphatic rings. The molecule has 3 N–H and O–H groups in total. The molecule has 0 saturated heterocycles. The number of carbonyl (C=O) groups is 2. The summed E-state index contributed by atoms with van der Waals surface area (Å²) < 4.78 is 0. The van der Waals surface area contributed by atoms with Crippen LogP contribution in [0.3, 0.4) is 0 Å². The molecule has 3 rings (SSSR count). The van der Waals surface area contributed by atoms with Crippen molar-refractivity contribution < 1.29 is 9.59 Å². The number of rotatable bonds is 5. The fraction of sp³-hybridized carbons (Fsp3) is 0.158. The highest BCUT2D eigenvalue weighted by atomic mass is 32.2. The standard InChI is InChI=1S/C19H19N5O2S/c1-12(17(25)24-18(26)20-2)27-19-22-15-11-7-6-10-14(15)16(23-19)21-13-8-4-3-5-9-13/h3-12H,1-2H3,(H,21,22,23)(H2,20,24,25,26)/t12-/m1/s1. The number of imide groups is 1. The van der Waals surface area contributed by atoms with Crippen molar-refractivity contribution in [2.24, 2.45) is 0 Å². The van der Waals surface area contributed by atoms with E-state index in [0.717, 1.165) is 16.6 Å². The van der Waals surface area contributed by atoms with Crippen molar-refractivity contribution in [1.29, 1.82) is 0 Å². The molecule has 3 aromatic rings. The third-order valence-electron chi connectivity index (χ3n) is 3.73. The first kappa shape index (κ1) is 18.7. The van der Waals surface area contributed by atoms with E-state index in [-0.39, 0.29) is 0 Å². The molecule has 27 heavy (non-hydrogen) atoms. The van der Waals surface area contributed by atoms with Crippen LogP contribution in [0.5, 0.6) is 0 Å². The minimum atomic E-state index is -0.543. The maximum Gasteiger partial charge on any atom is 0.321 e. The first-order valence-electron chi connectivity index (χ1n) is 8.35. The van der Waals surface area contributed by atoms with Gasteiger partial charge in [0.05, 0.1) is 10.8 Å². The quantitative estimate of drug-likeness (QED) is 0.463. The highest BCUT2D eigenvalue weighted by Crippen LogP contribution is 2.28. The predicted molar refractivity (Wildman–Crippen MR) is 107 cm³/mol. The van der Waals surface area contributed by atoms with Crippen LogP contribution in [0.25, 0.3) is 10.9 Å². The first-order chi connectivity index (χ1) is 13.1. The number of amides is 3. The van der Waals surface area contributed by atoms with Crippen molar-refractivity contribution in [3.8, 4) is 0 Å². The Morgan fingerprint density at radius 1 is 1.00 bits per heavy atom. The number of anilines is 2. The SMILES string of the molecule is CNC(=O)NC(=O)[C@@H](C)Sc1nc(Nc2ccccc2)c2ccccc2n1. The molecule has 0 bridgehead atoms. The van der Waals surface area contributed by atoms with Gasteiger partial charge in [-0.1, -0.05) is 42.1 Å². The average Bonchev–Trinajstić information content (AvgIpc) is 2.68. The number of para-hydroxylation sites is 2. The summed E-state index contributed by atoms with van der Waals surface area (Å²) in [6, 6.07) is 16.8. The summed E-state index contributed by atoms with van der Waals surface area (Å²) in [6.45, 7) is 1.70. The number of fused-ring (bicyclic) bond motifs is 1. The van der Waals surface area contributed by atoms with Gasteiger partial charge < -0.3 is 10.6 Å². The molecule has 1 atom stereocenters. The van der Waals surface area contributed by atoms with Gasteiger partial charge in [-0.3, -0.25) is 10.1 Å². The molecule has 8 heteroatoms. The van der Waals surface area contributed by atoms with E-state index < -0.39 is 17.2 Å². The molecule has 0 aliphatic heterocycles. The topological polar surface area (TPSA) is 96.0 Å². The molecule has 7 nitrogen and oxygen atoms in total. The minimum Gasteiger partial charge on any atom is -0.341 e. The lowest BCUT2D eigenvalue weighted by Crippen LogP contribution is -2.41. The van der Waals surface area contributed by atoms with Crippen LogP contribution in [-0.2, 0) is 4.79 Å². The Morgan fingerprint density at radius 3 is 2.44 bits per heavy atom. The summed E-state index contributed by atoms with van der Waals surface area (Å²) in [6.07, 6.45) is 0. The van der Waals surface area contributed by atoms with Crippen LogP contribution in [0.15, 0.2) is 59.8 Å². The van der Waals surface area contributed by atoms with Gasteiger partial charge in [0.1, 0.15) is 5.82 Å². The summed E-state index contributed by atoms with van der Waals surface area (Å²) in [5, 5.41) is 8.72. The maximum absolute atomic E-state index is 12.1. The van der Waals surface area contributed by atoms with Gasteiger partial charge in [0.2, 0.25) is 5.91 Å². The van der Waals surface area contributed by atoms with Gasteiger partial charge in [-0.15, -0.1) is 0 Å². The van der Waals surface area contributed by atoms with Crippen LogP contribution in [0, 0.1) is 0 Å². The number of benzene rings is 2. The van der Waals surface area contributed by atoms with E-state index in [1.807, 2.05) is 54.6 Å². The van der Waals surface area contributed by atoms with Crippen molar-refractivity contribution in [1.82, 2.24) is 20.6 Å². The van der Waals surface area contributed by atoms with Crippen LogP contribution in [0.2, 0.25) is 0 Å². The van der Waals surface area contributed by atoms with E-state index in [0.29, 0.717) is 11.0 Å². The van der Waals surface area contributed by atoms with Crippen molar-refractivity contribution in [2.75, 3.05) is 12.4 Å². The fourth-order valence-corrected chi connectivity index (χ4v) is 3.13.